The Morgan fingerprint density at radius 2 is 1.19 bits per heavy atom. The molecule has 0 heterocycles. The summed E-state index contributed by atoms with van der Waals surface area (Å²) < 4.78 is 76.7. The molecular formula is C7H4F6N2O. The van der Waals surface area contributed by atoms with Crippen LogP contribution in [-0.2, 0) is 0 Å². The molecule has 0 amide bonds. The van der Waals surface area contributed by atoms with Crippen molar-refractivity contribution in [3.8, 4) is 5.75 Å². The molecule has 1 aromatic carbocycles. The van der Waals surface area contributed by atoms with Gasteiger partial charge in [-0.3, -0.25) is 0 Å². The van der Waals surface area contributed by atoms with Gasteiger partial charge in [-0.25, -0.2) is 13.2 Å². The minimum absolute atomic E-state index is 1.35. The van der Waals surface area contributed by atoms with Crippen LogP contribution in [0.2, 0.25) is 0 Å². The molecule has 3 nitrogen and oxygen atoms in total. The van der Waals surface area contributed by atoms with Gasteiger partial charge in [-0.05, 0) is 0 Å². The molecule has 0 saturated heterocycles. The van der Waals surface area contributed by atoms with Gasteiger partial charge in [0.25, 0.3) is 0 Å². The first-order valence-corrected chi connectivity index (χ1v) is 3.62. The minimum atomic E-state index is -5.25. The third-order valence-corrected chi connectivity index (χ3v) is 1.57. The Hall–Kier alpha value is -1.80. The van der Waals surface area contributed by atoms with Crippen LogP contribution in [0.5, 0.6) is 5.75 Å². The largest absolute Gasteiger partial charge is 0.573 e. The summed E-state index contributed by atoms with van der Waals surface area (Å²) in [7, 11) is 0. The van der Waals surface area contributed by atoms with Crippen LogP contribution in [0.1, 0.15) is 0 Å². The zero-order valence-electron chi connectivity index (χ0n) is 7.33. The second-order valence-electron chi connectivity index (χ2n) is 2.65. The number of rotatable bonds is 1. The normalized spacial score (nSPS) is 11.6. The standard InChI is InChI=1S/C7H4F6N2O/c8-1-2(9)4(14)6(5(15)3(1)10)16-7(11,12)13/h14-15H2. The van der Waals surface area contributed by atoms with Crippen LogP contribution in [0.15, 0.2) is 0 Å². The quantitative estimate of drug-likeness (QED) is 0.453. The number of benzene rings is 1. The molecule has 0 aliphatic heterocycles. The molecule has 0 spiro atoms. The monoisotopic (exact) mass is 246 g/mol. The van der Waals surface area contributed by atoms with Crippen molar-refractivity contribution >= 4 is 11.4 Å². The van der Waals surface area contributed by atoms with Crippen molar-refractivity contribution < 1.29 is 31.1 Å². The van der Waals surface area contributed by atoms with E-state index in [-0.39, 0.29) is 0 Å². The van der Waals surface area contributed by atoms with Gasteiger partial charge in [-0.2, -0.15) is 0 Å². The third-order valence-electron chi connectivity index (χ3n) is 1.57. The summed E-state index contributed by atoms with van der Waals surface area (Å²) in [6, 6.07) is 0. The van der Waals surface area contributed by atoms with Crippen molar-refractivity contribution in [1.29, 1.82) is 0 Å². The predicted molar refractivity (Wildman–Crippen MR) is 41.8 cm³/mol. The van der Waals surface area contributed by atoms with Gasteiger partial charge >= 0.3 is 6.36 Å². The molecule has 90 valence electrons. The molecule has 0 radical (unpaired) electrons. The number of nitrogen functional groups attached to an aromatic ring is 2. The fourth-order valence-electron chi connectivity index (χ4n) is 0.903. The van der Waals surface area contributed by atoms with Crippen LogP contribution in [-0.4, -0.2) is 6.36 Å². The molecule has 1 rings (SSSR count). The first-order chi connectivity index (χ1) is 7.15. The Morgan fingerprint density at radius 3 is 1.50 bits per heavy atom. The highest BCUT2D eigenvalue weighted by atomic mass is 19.4. The summed E-state index contributed by atoms with van der Waals surface area (Å²) in [5.74, 6) is -7.55. The number of hydrogen-bond donors (Lipinski definition) is 2. The van der Waals surface area contributed by atoms with Crippen LogP contribution >= 0.6 is 0 Å². The number of halogens is 6. The summed E-state index contributed by atoms with van der Waals surface area (Å²) in [6.45, 7) is 0. The Bertz CT molecular complexity index is 401. The zero-order chi connectivity index (χ0) is 12.7. The van der Waals surface area contributed by atoms with Gasteiger partial charge in [-0.15, -0.1) is 13.2 Å². The SMILES string of the molecule is Nc1c(F)c(F)c(F)c(N)c1OC(F)(F)F. The van der Waals surface area contributed by atoms with Crippen molar-refractivity contribution in [2.75, 3.05) is 11.5 Å². The summed E-state index contributed by atoms with van der Waals surface area (Å²) >= 11 is 0. The van der Waals surface area contributed by atoms with Gasteiger partial charge in [0.2, 0.25) is 0 Å². The second kappa shape index (κ2) is 3.65. The van der Waals surface area contributed by atoms with E-state index in [4.69, 9.17) is 11.5 Å². The molecule has 1 aromatic rings. The number of nitrogens with two attached hydrogens (primary N) is 2. The van der Waals surface area contributed by atoms with Crippen molar-refractivity contribution in [2.45, 2.75) is 6.36 Å². The lowest BCUT2D eigenvalue weighted by Gasteiger charge is -2.14. The highest BCUT2D eigenvalue weighted by Crippen LogP contribution is 2.38. The average molecular weight is 246 g/mol. The molecule has 0 aromatic heterocycles. The van der Waals surface area contributed by atoms with E-state index in [2.05, 4.69) is 4.74 Å². The number of ether oxygens (including phenoxy) is 1. The van der Waals surface area contributed by atoms with Crippen molar-refractivity contribution in [2.24, 2.45) is 0 Å². The van der Waals surface area contributed by atoms with E-state index in [9.17, 15) is 26.3 Å². The summed E-state index contributed by atoms with van der Waals surface area (Å²) in [5.41, 5.74) is 6.84. The molecule has 0 fully saturated rings. The fraction of sp³-hybridized carbons (Fsp3) is 0.143. The van der Waals surface area contributed by atoms with E-state index in [0.717, 1.165) is 0 Å². The summed E-state index contributed by atoms with van der Waals surface area (Å²) in [4.78, 5) is 0. The fourth-order valence-corrected chi connectivity index (χ4v) is 0.903. The molecule has 0 saturated carbocycles. The first-order valence-electron chi connectivity index (χ1n) is 3.62. The van der Waals surface area contributed by atoms with E-state index in [1.54, 1.807) is 0 Å². The first kappa shape index (κ1) is 12.3. The Kier molecular flexibility index (Phi) is 2.80. The van der Waals surface area contributed by atoms with Crippen molar-refractivity contribution in [3.05, 3.63) is 17.5 Å². The number of alkyl halides is 3. The highest BCUT2D eigenvalue weighted by molar-refractivity contribution is 5.68. The van der Waals surface area contributed by atoms with Gasteiger partial charge in [0.1, 0.15) is 11.4 Å². The topological polar surface area (TPSA) is 61.3 Å². The lowest BCUT2D eigenvalue weighted by atomic mass is 10.2. The number of hydrogen-bond acceptors (Lipinski definition) is 3. The molecule has 4 N–H and O–H groups in total. The average Bonchev–Trinajstić information content (AvgIpc) is 2.17. The van der Waals surface area contributed by atoms with Crippen LogP contribution in [0.3, 0.4) is 0 Å². The predicted octanol–water partition coefficient (Wildman–Crippen LogP) is 2.17. The van der Waals surface area contributed by atoms with Crippen LogP contribution in [0, 0.1) is 17.5 Å². The maximum Gasteiger partial charge on any atom is 0.573 e. The maximum absolute atomic E-state index is 12.8. The molecule has 0 aliphatic rings. The third kappa shape index (κ3) is 2.07. The lowest BCUT2D eigenvalue weighted by molar-refractivity contribution is -0.274. The van der Waals surface area contributed by atoms with Gasteiger partial charge in [0.05, 0.1) is 0 Å². The Balaban J connectivity index is 3.40. The highest BCUT2D eigenvalue weighted by Gasteiger charge is 2.35. The summed E-state index contributed by atoms with van der Waals surface area (Å²) in [5, 5.41) is 0. The molecule has 0 atom stereocenters. The van der Waals surface area contributed by atoms with Crippen molar-refractivity contribution in [1.82, 2.24) is 0 Å². The molecule has 9 heteroatoms. The van der Waals surface area contributed by atoms with Crippen LogP contribution in [0.25, 0.3) is 0 Å². The van der Waals surface area contributed by atoms with Crippen molar-refractivity contribution in [3.63, 3.8) is 0 Å². The zero-order valence-corrected chi connectivity index (χ0v) is 7.33. The second-order valence-corrected chi connectivity index (χ2v) is 2.65. The summed E-state index contributed by atoms with van der Waals surface area (Å²) in [6.07, 6.45) is -5.25. The maximum atomic E-state index is 12.8. The Morgan fingerprint density at radius 1 is 0.812 bits per heavy atom. The molecule has 0 aliphatic carbocycles. The van der Waals surface area contributed by atoms with Gasteiger partial charge in [0.15, 0.2) is 23.2 Å². The van der Waals surface area contributed by atoms with Crippen LogP contribution < -0.4 is 16.2 Å². The van der Waals surface area contributed by atoms with E-state index in [1.807, 2.05) is 0 Å². The van der Waals surface area contributed by atoms with Gasteiger partial charge in [-0.1, -0.05) is 0 Å². The molecule has 16 heavy (non-hydrogen) atoms. The van der Waals surface area contributed by atoms with Crippen LogP contribution in [0.4, 0.5) is 37.7 Å². The lowest BCUT2D eigenvalue weighted by Crippen LogP contribution is -2.20. The van der Waals surface area contributed by atoms with E-state index in [1.165, 1.54) is 0 Å². The van der Waals surface area contributed by atoms with E-state index < -0.39 is 40.9 Å². The molecular weight excluding hydrogens is 242 g/mol. The van der Waals surface area contributed by atoms with Gasteiger partial charge < -0.3 is 16.2 Å². The smallest absolute Gasteiger partial charge is 0.401 e. The van der Waals surface area contributed by atoms with E-state index in [0.29, 0.717) is 0 Å². The Labute approximate surface area is 84.6 Å². The number of anilines is 2. The minimum Gasteiger partial charge on any atom is -0.401 e. The molecule has 0 bridgehead atoms. The van der Waals surface area contributed by atoms with Gasteiger partial charge in [0, 0.05) is 0 Å². The molecule has 0 unspecified atom stereocenters. The van der Waals surface area contributed by atoms with E-state index >= 15 is 0 Å².